The Morgan fingerprint density at radius 3 is 1.27 bits per heavy atom. The monoisotopic (exact) mass is 1330 g/mol. The van der Waals surface area contributed by atoms with Crippen LogP contribution in [-0.4, -0.2) is 224 Å². The molecular weight excluding hydrogens is 1240 g/mol. The number of carboxylic acids is 1. The summed E-state index contributed by atoms with van der Waals surface area (Å²) in [4.78, 5) is 88.8. The average Bonchev–Trinajstić information content (AvgIpc) is 0.816. The fourth-order valence-electron chi connectivity index (χ4n) is 10.6. The lowest BCUT2D eigenvalue weighted by Crippen LogP contribution is -2.68. The van der Waals surface area contributed by atoms with E-state index in [1.807, 2.05) is 60.7 Å². The normalized spacial score (nSPS) is 22.4. The van der Waals surface area contributed by atoms with E-state index >= 15 is 0 Å². The van der Waals surface area contributed by atoms with Crippen LogP contribution in [0.2, 0.25) is 0 Å². The Balaban J connectivity index is 0.765. The fourth-order valence-corrected chi connectivity index (χ4v) is 12.1. The molecular formula is C66H82N6O19S2. The molecule has 0 spiro atoms. The molecule has 5 aromatic carbocycles. The molecule has 502 valence electrons. The van der Waals surface area contributed by atoms with Crippen molar-refractivity contribution in [3.05, 3.63) is 156 Å². The van der Waals surface area contributed by atoms with Gasteiger partial charge in [-0.3, -0.25) is 28.8 Å². The zero-order valence-electron chi connectivity index (χ0n) is 51.5. The first-order valence-corrected chi connectivity index (χ1v) is 32.7. The summed E-state index contributed by atoms with van der Waals surface area (Å²) in [6.07, 6.45) is -13.4. The summed E-state index contributed by atoms with van der Waals surface area (Å²) < 4.78 is 23.6. The van der Waals surface area contributed by atoms with Gasteiger partial charge in [0.15, 0.2) is 5.79 Å². The van der Waals surface area contributed by atoms with Gasteiger partial charge in [0, 0.05) is 86.6 Å². The minimum Gasteiger partial charge on any atom is -0.477 e. The number of aliphatic carboxylic acids is 1. The van der Waals surface area contributed by atoms with E-state index in [2.05, 4.69) is 31.9 Å². The number of amides is 6. The van der Waals surface area contributed by atoms with Crippen LogP contribution < -0.4 is 31.9 Å². The highest BCUT2D eigenvalue weighted by molar-refractivity contribution is 7.99. The SMILES string of the molecule is CC(=O)NC1C(O)CC(CO)(OCCCSCCNC(=O)c2ccc(C(=O)NCCSCCCOC3(C(=O)O)CC(O)C(NC(C)=O)C(C(O)C(O)CNC(=O)c4ccc(-c5ccccc5)cc4)O3)cc2)OC1C(O)C(O)CNC(=O)c1ccc(-c2ccccc2)cc1. The molecule has 2 fully saturated rings. The number of thioether (sulfide) groups is 2. The van der Waals surface area contributed by atoms with Crippen molar-refractivity contribution in [1.82, 2.24) is 31.9 Å². The molecule has 14 N–H and O–H groups in total. The Bertz CT molecular complexity index is 3230. The molecule has 0 bridgehead atoms. The molecule has 6 amide bonds. The summed E-state index contributed by atoms with van der Waals surface area (Å²) in [5, 5.41) is 104. The Hall–Kier alpha value is -7.35. The average molecular weight is 1330 g/mol. The minimum absolute atomic E-state index is 0.0463. The van der Waals surface area contributed by atoms with Gasteiger partial charge in [0.25, 0.3) is 29.4 Å². The molecule has 12 unspecified atom stereocenters. The highest BCUT2D eigenvalue weighted by Gasteiger charge is 2.56. The lowest BCUT2D eigenvalue weighted by molar-refractivity contribution is -0.329. The maximum Gasteiger partial charge on any atom is 0.364 e. The molecule has 27 heteroatoms. The van der Waals surface area contributed by atoms with Crippen LogP contribution >= 0.6 is 23.5 Å². The third kappa shape index (κ3) is 21.1. The minimum atomic E-state index is -2.48. The fraction of sp³-hybridized carbons (Fsp3) is 0.439. The molecule has 2 aliphatic rings. The smallest absolute Gasteiger partial charge is 0.364 e. The van der Waals surface area contributed by atoms with Crippen molar-refractivity contribution in [2.75, 3.05) is 69.0 Å². The number of carbonyl (C=O) groups is 7. The lowest BCUT2D eigenvalue weighted by atomic mass is 9.88. The molecule has 12 atom stereocenters. The van der Waals surface area contributed by atoms with Gasteiger partial charge in [-0.2, -0.15) is 23.5 Å². The number of hydrogen-bond donors (Lipinski definition) is 14. The van der Waals surface area contributed by atoms with Crippen LogP contribution in [0.25, 0.3) is 22.3 Å². The quantitative estimate of drug-likeness (QED) is 0.0261. The molecule has 0 aliphatic carbocycles. The molecule has 7 rings (SSSR count). The van der Waals surface area contributed by atoms with Crippen LogP contribution in [0.5, 0.6) is 0 Å². The third-order valence-electron chi connectivity index (χ3n) is 15.5. The van der Waals surface area contributed by atoms with Crippen molar-refractivity contribution < 1.29 is 93.4 Å². The second kappa shape index (κ2) is 35.8. The van der Waals surface area contributed by atoms with E-state index < -0.39 is 128 Å². The van der Waals surface area contributed by atoms with Gasteiger partial charge in [0.05, 0.1) is 56.3 Å². The van der Waals surface area contributed by atoms with Gasteiger partial charge in [-0.05, 0) is 95.1 Å². The topological polar surface area (TPSA) is 390 Å². The predicted molar refractivity (Wildman–Crippen MR) is 346 cm³/mol. The van der Waals surface area contributed by atoms with Crippen molar-refractivity contribution in [3.63, 3.8) is 0 Å². The standard InChI is InChI=1S/C66H82N6O19S2/c1-40(74)71-54-50(76)35-65(39-73,90-58(54)56(80)52(78)37-69-62(84)48-19-15-44(16-20-48)42-11-5-3-6-12-42)88-29-9-31-92-33-27-67-60(82)46-23-25-47(26-24-46)61(83)68-28-34-93-32-10-30-89-66(64(86)87)36-51(77)55(72-41(2)75)59(91-66)57(81)53(79)38-70-63(85)49-21-17-45(18-22-49)43-13-7-4-8-14-43/h3-8,11-26,50-59,73,76-81H,9-10,27-39H2,1-2H3,(H,67,82)(H,68,83)(H,69,84)(H,70,85)(H,71,74)(H,72,75)(H,86,87). The predicted octanol–water partition coefficient (Wildman–Crippen LogP) is 1.84. The molecule has 25 nitrogen and oxygen atoms in total. The number of ether oxygens (including phenoxy) is 4. The van der Waals surface area contributed by atoms with E-state index in [0.29, 0.717) is 59.1 Å². The molecule has 2 saturated heterocycles. The highest BCUT2D eigenvalue weighted by atomic mass is 32.2. The molecule has 2 heterocycles. The van der Waals surface area contributed by atoms with Gasteiger partial charge >= 0.3 is 5.97 Å². The van der Waals surface area contributed by atoms with Crippen LogP contribution in [0.3, 0.4) is 0 Å². The number of carboxylic acid groups (broad SMARTS) is 1. The van der Waals surface area contributed by atoms with Crippen LogP contribution in [0.1, 0.15) is 81.0 Å². The van der Waals surface area contributed by atoms with E-state index in [9.17, 15) is 74.4 Å². The van der Waals surface area contributed by atoms with E-state index in [1.165, 1.54) is 54.7 Å². The Morgan fingerprint density at radius 1 is 0.505 bits per heavy atom. The first-order valence-electron chi connectivity index (χ1n) is 30.4. The Kier molecular flexibility index (Phi) is 28.1. The van der Waals surface area contributed by atoms with E-state index in [0.717, 1.165) is 29.2 Å². The van der Waals surface area contributed by atoms with Crippen molar-refractivity contribution >= 4 is 64.9 Å². The molecule has 0 saturated carbocycles. The largest absolute Gasteiger partial charge is 0.477 e. The van der Waals surface area contributed by atoms with Crippen LogP contribution in [-0.2, 0) is 33.3 Å². The van der Waals surface area contributed by atoms with E-state index in [4.69, 9.17) is 18.9 Å². The maximum atomic E-state index is 13.0. The zero-order valence-corrected chi connectivity index (χ0v) is 53.1. The summed E-state index contributed by atoms with van der Waals surface area (Å²) >= 11 is 2.94. The highest BCUT2D eigenvalue weighted by Crippen LogP contribution is 2.35. The van der Waals surface area contributed by atoms with E-state index in [1.54, 1.807) is 48.5 Å². The number of hydrogen-bond acceptors (Lipinski definition) is 20. The maximum absolute atomic E-state index is 13.0. The van der Waals surface area contributed by atoms with Crippen LogP contribution in [0.15, 0.2) is 133 Å². The lowest BCUT2D eigenvalue weighted by Gasteiger charge is -2.48. The van der Waals surface area contributed by atoms with Crippen molar-refractivity contribution in [3.8, 4) is 22.3 Å². The Labute approximate surface area is 546 Å². The zero-order chi connectivity index (χ0) is 67.1. The number of carbonyl (C=O) groups excluding carboxylic acids is 6. The number of nitrogens with one attached hydrogen (secondary N) is 6. The number of rotatable bonds is 34. The van der Waals surface area contributed by atoms with Crippen molar-refractivity contribution in [1.29, 1.82) is 0 Å². The van der Waals surface area contributed by atoms with Gasteiger partial charge in [0.2, 0.25) is 11.8 Å². The number of aliphatic hydroxyl groups excluding tert-OH is 7. The summed E-state index contributed by atoms with van der Waals surface area (Å²) in [5.74, 6) is -6.89. The first kappa shape index (κ1) is 73.1. The van der Waals surface area contributed by atoms with Crippen molar-refractivity contribution in [2.45, 2.75) is 112 Å². The molecule has 0 aromatic heterocycles. The Morgan fingerprint density at radius 2 is 0.871 bits per heavy atom. The van der Waals surface area contributed by atoms with Gasteiger partial charge < -0.3 is 91.7 Å². The van der Waals surface area contributed by atoms with Gasteiger partial charge in [0.1, 0.15) is 24.4 Å². The van der Waals surface area contributed by atoms with Gasteiger partial charge in [-0.1, -0.05) is 84.9 Å². The molecule has 93 heavy (non-hydrogen) atoms. The second-order valence-electron chi connectivity index (χ2n) is 22.4. The molecule has 2 aliphatic heterocycles. The van der Waals surface area contributed by atoms with Gasteiger partial charge in [-0.15, -0.1) is 0 Å². The summed E-state index contributed by atoms with van der Waals surface area (Å²) in [6, 6.07) is 36.2. The summed E-state index contributed by atoms with van der Waals surface area (Å²) in [6.45, 7) is 1.16. The van der Waals surface area contributed by atoms with Crippen LogP contribution in [0.4, 0.5) is 0 Å². The first-order chi connectivity index (χ1) is 44.6. The molecule has 0 radical (unpaired) electrons. The van der Waals surface area contributed by atoms with E-state index in [-0.39, 0.29) is 43.6 Å². The summed E-state index contributed by atoms with van der Waals surface area (Å²) in [7, 11) is 0. The van der Waals surface area contributed by atoms with Crippen molar-refractivity contribution in [2.24, 2.45) is 0 Å². The van der Waals surface area contributed by atoms with Gasteiger partial charge in [-0.25, -0.2) is 4.79 Å². The number of benzene rings is 5. The number of aliphatic hydroxyl groups is 7. The molecule has 5 aromatic rings. The third-order valence-corrected chi connectivity index (χ3v) is 17.6. The summed E-state index contributed by atoms with van der Waals surface area (Å²) in [5.41, 5.74) is 4.92. The second-order valence-corrected chi connectivity index (χ2v) is 24.9. The van der Waals surface area contributed by atoms with Crippen LogP contribution in [0, 0.1) is 0 Å².